The van der Waals surface area contributed by atoms with Crippen LogP contribution in [0.4, 0.5) is 4.39 Å². The lowest BCUT2D eigenvalue weighted by molar-refractivity contribution is 0.235. The topological polar surface area (TPSA) is 56.8 Å². The summed E-state index contributed by atoms with van der Waals surface area (Å²) in [6, 6.07) is 4.18. The normalized spacial score (nSPS) is 19.1. The van der Waals surface area contributed by atoms with Gasteiger partial charge in [0, 0.05) is 5.02 Å². The van der Waals surface area contributed by atoms with Crippen LogP contribution in [0.5, 0.6) is 5.75 Å². The molecule has 0 aliphatic carbocycles. The van der Waals surface area contributed by atoms with E-state index in [0.29, 0.717) is 11.6 Å². The van der Waals surface area contributed by atoms with Gasteiger partial charge in [-0.3, -0.25) is 0 Å². The quantitative estimate of drug-likeness (QED) is 0.878. The van der Waals surface area contributed by atoms with E-state index in [1.807, 2.05) is 0 Å². The Morgan fingerprint density at radius 1 is 1.62 bits per heavy atom. The fourth-order valence-corrected chi connectivity index (χ4v) is 1.46. The zero-order valence-electron chi connectivity index (χ0n) is 8.32. The maximum absolute atomic E-state index is 13.3. The molecule has 1 atom stereocenters. The van der Waals surface area contributed by atoms with Crippen LogP contribution in [0.2, 0.25) is 5.02 Å². The standard InChI is InChI=1S/C10H10ClFN2O2/c11-6-1-2-9(8(12)3-6)15-4-7-5-16-10(13)14-7/h1-3,7H,4-5H2,(H2,13,14)/t7-/m0/s1. The van der Waals surface area contributed by atoms with Crippen LogP contribution in [0.3, 0.4) is 0 Å². The maximum Gasteiger partial charge on any atom is 0.282 e. The highest BCUT2D eigenvalue weighted by Gasteiger charge is 2.17. The van der Waals surface area contributed by atoms with Crippen LogP contribution < -0.4 is 10.5 Å². The first kappa shape index (κ1) is 11.0. The van der Waals surface area contributed by atoms with Crippen molar-refractivity contribution in [1.82, 2.24) is 0 Å². The molecule has 86 valence electrons. The minimum atomic E-state index is -0.497. The van der Waals surface area contributed by atoms with Crippen molar-refractivity contribution in [3.8, 4) is 5.75 Å². The number of halogens is 2. The van der Waals surface area contributed by atoms with Gasteiger partial charge >= 0.3 is 0 Å². The molecule has 0 radical (unpaired) electrons. The van der Waals surface area contributed by atoms with Crippen LogP contribution in [0.15, 0.2) is 23.2 Å². The van der Waals surface area contributed by atoms with Crippen molar-refractivity contribution in [3.63, 3.8) is 0 Å². The highest BCUT2D eigenvalue weighted by molar-refractivity contribution is 6.30. The molecule has 0 aromatic heterocycles. The molecule has 1 aromatic rings. The van der Waals surface area contributed by atoms with Gasteiger partial charge in [0.2, 0.25) is 0 Å². The molecule has 4 nitrogen and oxygen atoms in total. The molecular formula is C10H10ClFN2O2. The average Bonchev–Trinajstić information content (AvgIpc) is 2.63. The third kappa shape index (κ3) is 2.55. The molecule has 2 rings (SSSR count). The molecule has 1 heterocycles. The van der Waals surface area contributed by atoms with E-state index in [9.17, 15) is 4.39 Å². The molecule has 0 amide bonds. The SMILES string of the molecule is NC1=N[C@@H](COc2ccc(Cl)cc2F)CO1. The largest absolute Gasteiger partial charge is 0.488 e. The Balaban J connectivity index is 1.95. The fourth-order valence-electron chi connectivity index (χ4n) is 1.30. The lowest BCUT2D eigenvalue weighted by Crippen LogP contribution is -2.17. The fraction of sp³-hybridized carbons (Fsp3) is 0.300. The lowest BCUT2D eigenvalue weighted by Gasteiger charge is -2.09. The van der Waals surface area contributed by atoms with Crippen molar-refractivity contribution in [2.75, 3.05) is 13.2 Å². The van der Waals surface area contributed by atoms with Crippen LogP contribution in [0, 0.1) is 5.82 Å². The summed E-state index contributed by atoms with van der Waals surface area (Å²) in [6.45, 7) is 0.584. The molecule has 0 fully saturated rings. The van der Waals surface area contributed by atoms with E-state index >= 15 is 0 Å². The maximum atomic E-state index is 13.3. The predicted molar refractivity (Wildman–Crippen MR) is 58.3 cm³/mol. The molecule has 0 bridgehead atoms. The summed E-state index contributed by atoms with van der Waals surface area (Å²) < 4.78 is 23.5. The van der Waals surface area contributed by atoms with Gasteiger partial charge in [-0.25, -0.2) is 9.38 Å². The van der Waals surface area contributed by atoms with Gasteiger partial charge in [0.05, 0.1) is 0 Å². The Morgan fingerprint density at radius 2 is 2.44 bits per heavy atom. The average molecular weight is 245 g/mol. The summed E-state index contributed by atoms with van der Waals surface area (Å²) >= 11 is 5.61. The minimum absolute atomic E-state index is 0.144. The second kappa shape index (κ2) is 4.57. The van der Waals surface area contributed by atoms with E-state index in [1.54, 1.807) is 6.07 Å². The monoisotopic (exact) mass is 244 g/mol. The summed E-state index contributed by atoms with van der Waals surface area (Å²) in [4.78, 5) is 3.95. The highest BCUT2D eigenvalue weighted by Crippen LogP contribution is 2.21. The number of nitrogens with zero attached hydrogens (tertiary/aromatic N) is 1. The zero-order chi connectivity index (χ0) is 11.5. The van der Waals surface area contributed by atoms with E-state index < -0.39 is 5.82 Å². The lowest BCUT2D eigenvalue weighted by atomic mass is 10.3. The van der Waals surface area contributed by atoms with Gasteiger partial charge in [-0.1, -0.05) is 11.6 Å². The molecule has 1 aromatic carbocycles. The highest BCUT2D eigenvalue weighted by atomic mass is 35.5. The third-order valence-corrected chi connectivity index (χ3v) is 2.29. The number of rotatable bonds is 3. The van der Waals surface area contributed by atoms with E-state index in [0.717, 1.165) is 0 Å². The summed E-state index contributed by atoms with van der Waals surface area (Å²) in [5.41, 5.74) is 5.32. The molecular weight excluding hydrogens is 235 g/mol. The number of hydrogen-bond donors (Lipinski definition) is 1. The van der Waals surface area contributed by atoms with Crippen LogP contribution in [-0.4, -0.2) is 25.3 Å². The van der Waals surface area contributed by atoms with Crippen molar-refractivity contribution >= 4 is 17.6 Å². The van der Waals surface area contributed by atoms with Gasteiger partial charge in [-0.15, -0.1) is 0 Å². The van der Waals surface area contributed by atoms with Crippen LogP contribution in [0.1, 0.15) is 0 Å². The first-order chi connectivity index (χ1) is 7.65. The van der Waals surface area contributed by atoms with Crippen LogP contribution >= 0.6 is 11.6 Å². The summed E-state index contributed by atoms with van der Waals surface area (Å²) in [7, 11) is 0. The van der Waals surface area contributed by atoms with Gasteiger partial charge < -0.3 is 15.2 Å². The first-order valence-corrected chi connectivity index (χ1v) is 5.07. The smallest absolute Gasteiger partial charge is 0.282 e. The predicted octanol–water partition coefficient (Wildman–Crippen LogP) is 1.57. The Labute approximate surface area is 96.8 Å². The van der Waals surface area contributed by atoms with E-state index in [-0.39, 0.29) is 24.4 Å². The van der Waals surface area contributed by atoms with E-state index in [1.165, 1.54) is 12.1 Å². The van der Waals surface area contributed by atoms with Gasteiger partial charge in [-0.05, 0) is 18.2 Å². The molecule has 1 aliphatic heterocycles. The van der Waals surface area contributed by atoms with Crippen molar-refractivity contribution in [2.24, 2.45) is 10.7 Å². The summed E-state index contributed by atoms with van der Waals surface area (Å²) in [5, 5.41) is 0.330. The van der Waals surface area contributed by atoms with Crippen molar-refractivity contribution in [2.45, 2.75) is 6.04 Å². The second-order valence-corrected chi connectivity index (χ2v) is 3.75. The van der Waals surface area contributed by atoms with Crippen LogP contribution in [-0.2, 0) is 4.74 Å². The molecule has 0 saturated carbocycles. The summed E-state index contributed by atoms with van der Waals surface area (Å²) in [6.07, 6.45) is 0. The van der Waals surface area contributed by atoms with Crippen molar-refractivity contribution in [1.29, 1.82) is 0 Å². The Hall–Kier alpha value is -1.49. The third-order valence-electron chi connectivity index (χ3n) is 2.06. The molecule has 6 heteroatoms. The molecule has 0 unspecified atom stereocenters. The van der Waals surface area contributed by atoms with Crippen molar-refractivity contribution < 1.29 is 13.9 Å². The number of aliphatic imine (C=N–C) groups is 1. The molecule has 2 N–H and O–H groups in total. The Bertz CT molecular complexity index is 425. The number of nitrogens with two attached hydrogens (primary N) is 1. The number of amidine groups is 1. The zero-order valence-corrected chi connectivity index (χ0v) is 9.08. The molecule has 1 aliphatic rings. The Morgan fingerprint density at radius 3 is 3.06 bits per heavy atom. The van der Waals surface area contributed by atoms with Gasteiger partial charge in [-0.2, -0.15) is 0 Å². The van der Waals surface area contributed by atoms with E-state index in [2.05, 4.69) is 4.99 Å². The first-order valence-electron chi connectivity index (χ1n) is 4.69. The molecule has 0 spiro atoms. The molecule has 0 saturated heterocycles. The van der Waals surface area contributed by atoms with E-state index in [4.69, 9.17) is 26.8 Å². The molecule has 16 heavy (non-hydrogen) atoms. The second-order valence-electron chi connectivity index (χ2n) is 3.32. The van der Waals surface area contributed by atoms with Crippen molar-refractivity contribution in [3.05, 3.63) is 29.0 Å². The Kier molecular flexibility index (Phi) is 3.14. The minimum Gasteiger partial charge on any atom is -0.488 e. The van der Waals surface area contributed by atoms with Gasteiger partial charge in [0.25, 0.3) is 6.02 Å². The van der Waals surface area contributed by atoms with Gasteiger partial charge in [0.15, 0.2) is 11.6 Å². The number of ether oxygens (including phenoxy) is 2. The number of benzene rings is 1. The van der Waals surface area contributed by atoms with Gasteiger partial charge in [0.1, 0.15) is 19.3 Å². The summed E-state index contributed by atoms with van der Waals surface area (Å²) in [5.74, 6) is -0.353. The van der Waals surface area contributed by atoms with Crippen LogP contribution in [0.25, 0.3) is 0 Å². The number of hydrogen-bond acceptors (Lipinski definition) is 4.